The van der Waals surface area contributed by atoms with E-state index in [1.54, 1.807) is 0 Å². The molecule has 4 heteroatoms. The first-order chi connectivity index (χ1) is 12.9. The predicted molar refractivity (Wildman–Crippen MR) is 99.6 cm³/mol. The summed E-state index contributed by atoms with van der Waals surface area (Å²) >= 11 is 1.21. The minimum absolute atomic E-state index is 0.152. The topological polar surface area (TPSA) is 38.9 Å². The highest BCUT2D eigenvalue weighted by Crippen LogP contribution is 2.37. The molecular weight excluding hydrogens is 316 g/mol. The molecule has 5 aromatic rings. The lowest BCUT2D eigenvalue weighted by atomic mass is 10.1. The van der Waals surface area contributed by atoms with E-state index in [4.69, 9.17) is 8.53 Å². The van der Waals surface area contributed by atoms with Crippen LogP contribution in [0.15, 0.2) is 53.1 Å². The summed E-state index contributed by atoms with van der Waals surface area (Å²) in [4.78, 5) is 8.80. The second-order valence-corrected chi connectivity index (χ2v) is 6.87. The minimum atomic E-state index is -2.20. The number of para-hydroxylation sites is 1. The molecule has 0 radical (unpaired) electrons. The van der Waals surface area contributed by atoms with Crippen LogP contribution in [0, 0.1) is 13.8 Å². The summed E-state index contributed by atoms with van der Waals surface area (Å²) in [5.41, 5.74) is 5.01. The number of benzene rings is 2. The monoisotopic (exact) mass is 333 g/mol. The molecule has 0 amide bonds. The molecule has 0 saturated carbocycles. The summed E-state index contributed by atoms with van der Waals surface area (Å²) in [6.07, 6.45) is 1.84. The van der Waals surface area contributed by atoms with Gasteiger partial charge in [-0.15, -0.1) is 11.3 Å². The number of hydrogen-bond donors (Lipinski definition) is 0. The number of furan rings is 1. The minimum Gasteiger partial charge on any atom is -0.455 e. The first kappa shape index (κ1) is 10.9. The van der Waals surface area contributed by atoms with Gasteiger partial charge in [-0.25, -0.2) is 4.98 Å². The standard InChI is InChI=1S/C20H14N2OS/c1-11-6-7-16(21-10-11)14-5-3-4-13-15-8-19-17(22-12(2)24-19)9-18(15)23-20(13)14/h3-10H,1-2H3/i2D3. The molecule has 0 aliphatic heterocycles. The van der Waals surface area contributed by atoms with Crippen molar-refractivity contribution < 1.29 is 8.53 Å². The fourth-order valence-electron chi connectivity index (χ4n) is 3.05. The van der Waals surface area contributed by atoms with Gasteiger partial charge in [0.2, 0.25) is 0 Å². The Hall–Kier alpha value is -2.72. The van der Waals surface area contributed by atoms with Crippen molar-refractivity contribution in [2.45, 2.75) is 13.8 Å². The van der Waals surface area contributed by atoms with Gasteiger partial charge in [-0.2, -0.15) is 0 Å². The average Bonchev–Trinajstić information content (AvgIpc) is 3.20. The van der Waals surface area contributed by atoms with E-state index in [9.17, 15) is 0 Å². The molecule has 0 aliphatic carbocycles. The number of nitrogens with zero attached hydrogens (tertiary/aromatic N) is 2. The Labute approximate surface area is 146 Å². The van der Waals surface area contributed by atoms with E-state index in [-0.39, 0.29) is 5.01 Å². The first-order valence-electron chi connectivity index (χ1n) is 9.09. The van der Waals surface area contributed by atoms with Crippen molar-refractivity contribution in [1.82, 2.24) is 9.97 Å². The Balaban J connectivity index is 1.77. The highest BCUT2D eigenvalue weighted by molar-refractivity contribution is 7.18. The lowest BCUT2D eigenvalue weighted by Crippen LogP contribution is -1.84. The Morgan fingerprint density at radius 1 is 1.12 bits per heavy atom. The molecule has 0 fully saturated rings. The SMILES string of the molecule is [2H]C([2H])([2H])c1nc2cc3oc4c(-c5ccc(C)cn5)cccc4c3cc2s1. The molecule has 0 atom stereocenters. The zero-order valence-corrected chi connectivity index (χ0v) is 13.6. The maximum atomic E-state index is 7.57. The normalized spacial score (nSPS) is 14.1. The smallest absolute Gasteiger partial charge is 0.144 e. The summed E-state index contributed by atoms with van der Waals surface area (Å²) < 4.78 is 29.7. The van der Waals surface area contributed by atoms with Crippen LogP contribution >= 0.6 is 11.3 Å². The molecule has 0 bridgehead atoms. The van der Waals surface area contributed by atoms with E-state index in [0.717, 1.165) is 37.9 Å². The lowest BCUT2D eigenvalue weighted by Gasteiger charge is -2.02. The van der Waals surface area contributed by atoms with Crippen molar-refractivity contribution in [3.8, 4) is 11.3 Å². The molecule has 3 heterocycles. The zero-order chi connectivity index (χ0) is 18.8. The van der Waals surface area contributed by atoms with Crippen molar-refractivity contribution in [2.75, 3.05) is 0 Å². The maximum Gasteiger partial charge on any atom is 0.144 e. The number of fused-ring (bicyclic) bond motifs is 4. The summed E-state index contributed by atoms with van der Waals surface area (Å²) in [6.45, 7) is -0.191. The van der Waals surface area contributed by atoms with Crippen LogP contribution in [0.5, 0.6) is 0 Å². The van der Waals surface area contributed by atoms with Crippen molar-refractivity contribution in [3.05, 3.63) is 59.2 Å². The zero-order valence-electron chi connectivity index (χ0n) is 15.8. The molecule has 2 aromatic carbocycles. The average molecular weight is 333 g/mol. The van der Waals surface area contributed by atoms with Crippen LogP contribution in [0.2, 0.25) is 0 Å². The van der Waals surface area contributed by atoms with Crippen molar-refractivity contribution >= 4 is 43.5 Å². The van der Waals surface area contributed by atoms with Crippen LogP contribution in [-0.4, -0.2) is 9.97 Å². The van der Waals surface area contributed by atoms with E-state index in [1.807, 2.05) is 55.6 Å². The van der Waals surface area contributed by atoms with Gasteiger partial charge in [0.1, 0.15) is 11.2 Å². The number of pyridine rings is 1. The molecule has 3 aromatic heterocycles. The van der Waals surface area contributed by atoms with Crippen molar-refractivity contribution in [3.63, 3.8) is 0 Å². The third-order valence-electron chi connectivity index (χ3n) is 4.19. The molecule has 0 aliphatic rings. The summed E-state index contributed by atoms with van der Waals surface area (Å²) in [7, 11) is 0. The van der Waals surface area contributed by atoms with Crippen LogP contribution in [0.25, 0.3) is 43.4 Å². The van der Waals surface area contributed by atoms with Gasteiger partial charge in [-0.1, -0.05) is 18.2 Å². The van der Waals surface area contributed by atoms with E-state index in [2.05, 4.69) is 9.97 Å². The fraction of sp³-hybridized carbons (Fsp3) is 0.100. The third kappa shape index (κ3) is 1.96. The Morgan fingerprint density at radius 2 is 2.08 bits per heavy atom. The van der Waals surface area contributed by atoms with Crippen LogP contribution in [0.3, 0.4) is 0 Å². The van der Waals surface area contributed by atoms with E-state index >= 15 is 0 Å². The second kappa shape index (κ2) is 4.89. The Morgan fingerprint density at radius 3 is 2.92 bits per heavy atom. The molecule has 0 spiro atoms. The van der Waals surface area contributed by atoms with Gasteiger partial charge < -0.3 is 4.42 Å². The largest absolute Gasteiger partial charge is 0.455 e. The number of hydrogen-bond acceptors (Lipinski definition) is 4. The van der Waals surface area contributed by atoms with Gasteiger partial charge in [-0.3, -0.25) is 4.98 Å². The van der Waals surface area contributed by atoms with E-state index < -0.39 is 6.85 Å². The number of thiazole rings is 1. The number of aryl methyl sites for hydroxylation is 2. The van der Waals surface area contributed by atoms with Gasteiger partial charge in [0.05, 0.1) is 20.9 Å². The van der Waals surface area contributed by atoms with Crippen LogP contribution in [0.4, 0.5) is 0 Å². The van der Waals surface area contributed by atoms with E-state index in [1.165, 1.54) is 11.3 Å². The summed E-state index contributed by atoms with van der Waals surface area (Å²) in [6, 6.07) is 13.8. The number of rotatable bonds is 1. The van der Waals surface area contributed by atoms with Gasteiger partial charge in [0.25, 0.3) is 0 Å². The quantitative estimate of drug-likeness (QED) is 0.385. The highest BCUT2D eigenvalue weighted by atomic mass is 32.1. The maximum absolute atomic E-state index is 7.57. The molecule has 0 N–H and O–H groups in total. The van der Waals surface area contributed by atoms with Gasteiger partial charge >= 0.3 is 0 Å². The molecule has 116 valence electrons. The van der Waals surface area contributed by atoms with Gasteiger partial charge in [0.15, 0.2) is 0 Å². The molecule has 24 heavy (non-hydrogen) atoms. The van der Waals surface area contributed by atoms with Crippen molar-refractivity contribution in [2.24, 2.45) is 0 Å². The molecular formula is C20H14N2OS. The van der Waals surface area contributed by atoms with Crippen LogP contribution in [0.1, 0.15) is 14.7 Å². The molecule has 3 nitrogen and oxygen atoms in total. The highest BCUT2D eigenvalue weighted by Gasteiger charge is 2.14. The first-order valence-corrected chi connectivity index (χ1v) is 8.41. The second-order valence-electron chi connectivity index (χ2n) is 5.84. The lowest BCUT2D eigenvalue weighted by molar-refractivity contribution is 0.670. The van der Waals surface area contributed by atoms with E-state index in [0.29, 0.717) is 11.1 Å². The fourth-order valence-corrected chi connectivity index (χ4v) is 3.79. The molecule has 0 unspecified atom stereocenters. The molecule has 5 rings (SSSR count). The third-order valence-corrected chi connectivity index (χ3v) is 5.03. The van der Waals surface area contributed by atoms with Crippen LogP contribution in [-0.2, 0) is 0 Å². The summed E-state index contributed by atoms with van der Waals surface area (Å²) in [5, 5.41) is 2.09. The number of aromatic nitrogens is 2. The van der Waals surface area contributed by atoms with Gasteiger partial charge in [0, 0.05) is 32.7 Å². The van der Waals surface area contributed by atoms with Crippen LogP contribution < -0.4 is 0 Å². The molecule has 0 saturated heterocycles. The van der Waals surface area contributed by atoms with Gasteiger partial charge in [-0.05, 0) is 37.5 Å². The van der Waals surface area contributed by atoms with Crippen molar-refractivity contribution in [1.29, 1.82) is 0 Å². The predicted octanol–water partition coefficient (Wildman–Crippen LogP) is 5.87. The Bertz CT molecular complexity index is 1320. The summed E-state index contributed by atoms with van der Waals surface area (Å²) in [5.74, 6) is 0. The Kier molecular flexibility index (Phi) is 2.23.